The SMILES string of the molecule is C=CCOc1cccc(C[NH2+]Cc2cccs2)c1. The Bertz CT molecular complexity index is 479. The monoisotopic (exact) mass is 260 g/mol. The first kappa shape index (κ1) is 12.9. The number of hydrogen-bond acceptors (Lipinski definition) is 2. The van der Waals surface area contributed by atoms with Gasteiger partial charge in [-0.25, -0.2) is 0 Å². The lowest BCUT2D eigenvalue weighted by molar-refractivity contribution is -0.685. The molecule has 94 valence electrons. The van der Waals surface area contributed by atoms with Crippen LogP contribution >= 0.6 is 11.3 Å². The number of ether oxygens (including phenoxy) is 1. The number of rotatable bonds is 7. The van der Waals surface area contributed by atoms with Crippen molar-refractivity contribution in [3.05, 3.63) is 64.9 Å². The predicted octanol–water partition coefficient (Wildman–Crippen LogP) is 2.58. The average Bonchev–Trinajstić information content (AvgIpc) is 2.90. The molecule has 0 fully saturated rings. The zero-order valence-corrected chi connectivity index (χ0v) is 11.2. The summed E-state index contributed by atoms with van der Waals surface area (Å²) in [5, 5.41) is 4.42. The van der Waals surface area contributed by atoms with Crippen LogP contribution < -0.4 is 10.1 Å². The highest BCUT2D eigenvalue weighted by Gasteiger charge is 2.00. The summed E-state index contributed by atoms with van der Waals surface area (Å²) in [4.78, 5) is 1.41. The Kier molecular flexibility index (Phi) is 5.00. The Labute approximate surface area is 112 Å². The quantitative estimate of drug-likeness (QED) is 0.761. The van der Waals surface area contributed by atoms with E-state index in [2.05, 4.69) is 41.5 Å². The van der Waals surface area contributed by atoms with Gasteiger partial charge in [-0.15, -0.1) is 11.3 Å². The van der Waals surface area contributed by atoms with Gasteiger partial charge in [-0.3, -0.25) is 0 Å². The van der Waals surface area contributed by atoms with Crippen molar-refractivity contribution >= 4 is 11.3 Å². The average molecular weight is 260 g/mol. The molecule has 0 saturated heterocycles. The maximum Gasteiger partial charge on any atom is 0.120 e. The van der Waals surface area contributed by atoms with Crippen molar-refractivity contribution in [2.24, 2.45) is 0 Å². The molecule has 1 heterocycles. The Morgan fingerprint density at radius 2 is 2.17 bits per heavy atom. The molecule has 0 unspecified atom stereocenters. The fraction of sp³-hybridized carbons (Fsp3) is 0.200. The summed E-state index contributed by atoms with van der Waals surface area (Å²) < 4.78 is 5.52. The molecule has 0 saturated carbocycles. The first-order chi connectivity index (χ1) is 8.88. The van der Waals surface area contributed by atoms with E-state index in [0.29, 0.717) is 6.61 Å². The second-order valence-electron chi connectivity index (χ2n) is 4.02. The van der Waals surface area contributed by atoms with Crippen LogP contribution in [0.15, 0.2) is 54.4 Å². The highest BCUT2D eigenvalue weighted by atomic mass is 32.1. The molecule has 0 bridgehead atoms. The third-order valence-corrected chi connectivity index (χ3v) is 3.47. The molecule has 0 aliphatic heterocycles. The normalized spacial score (nSPS) is 10.2. The van der Waals surface area contributed by atoms with Crippen LogP contribution in [0, 0.1) is 0 Å². The van der Waals surface area contributed by atoms with Gasteiger partial charge in [0, 0.05) is 5.56 Å². The van der Waals surface area contributed by atoms with Crippen LogP contribution in [-0.2, 0) is 13.1 Å². The number of benzene rings is 1. The molecule has 2 N–H and O–H groups in total. The Morgan fingerprint density at radius 1 is 1.22 bits per heavy atom. The van der Waals surface area contributed by atoms with E-state index in [0.717, 1.165) is 18.8 Å². The van der Waals surface area contributed by atoms with Crippen LogP contribution in [0.3, 0.4) is 0 Å². The van der Waals surface area contributed by atoms with Gasteiger partial charge < -0.3 is 10.1 Å². The molecule has 0 aliphatic rings. The molecule has 0 spiro atoms. The summed E-state index contributed by atoms with van der Waals surface area (Å²) in [5.41, 5.74) is 1.29. The van der Waals surface area contributed by atoms with Crippen molar-refractivity contribution in [2.75, 3.05) is 6.61 Å². The van der Waals surface area contributed by atoms with Gasteiger partial charge >= 0.3 is 0 Å². The number of nitrogens with two attached hydrogens (primary N) is 1. The molecule has 1 aromatic carbocycles. The first-order valence-corrected chi connectivity index (χ1v) is 6.93. The minimum atomic E-state index is 0.558. The topological polar surface area (TPSA) is 25.8 Å². The molecule has 0 aliphatic carbocycles. The summed E-state index contributed by atoms with van der Waals surface area (Å²) >= 11 is 1.81. The van der Waals surface area contributed by atoms with Crippen LogP contribution in [0.1, 0.15) is 10.4 Å². The van der Waals surface area contributed by atoms with Gasteiger partial charge in [0.1, 0.15) is 25.4 Å². The second-order valence-corrected chi connectivity index (χ2v) is 5.06. The fourth-order valence-corrected chi connectivity index (χ4v) is 2.43. The Balaban J connectivity index is 1.83. The highest BCUT2D eigenvalue weighted by molar-refractivity contribution is 7.09. The molecule has 0 amide bonds. The minimum absolute atomic E-state index is 0.558. The van der Waals surface area contributed by atoms with Crippen LogP contribution in [0.4, 0.5) is 0 Å². The van der Waals surface area contributed by atoms with E-state index >= 15 is 0 Å². The number of thiophene rings is 1. The molecule has 2 aromatic rings. The van der Waals surface area contributed by atoms with Crippen molar-refractivity contribution in [2.45, 2.75) is 13.1 Å². The van der Waals surface area contributed by atoms with Crippen molar-refractivity contribution < 1.29 is 10.1 Å². The lowest BCUT2D eigenvalue weighted by Crippen LogP contribution is -2.80. The smallest absolute Gasteiger partial charge is 0.120 e. The Hall–Kier alpha value is -1.58. The maximum absolute atomic E-state index is 5.52. The van der Waals surface area contributed by atoms with E-state index in [-0.39, 0.29) is 0 Å². The standard InChI is InChI=1S/C15H17NOS/c1-2-8-17-14-6-3-5-13(10-14)11-16-12-15-7-4-9-18-15/h2-7,9-10,16H,1,8,11-12H2/p+1. The summed E-state index contributed by atoms with van der Waals surface area (Å²) in [6.45, 7) is 6.22. The molecule has 0 atom stereocenters. The number of quaternary nitrogens is 1. The molecule has 1 aromatic heterocycles. The van der Waals surface area contributed by atoms with E-state index in [1.807, 2.05) is 12.1 Å². The zero-order valence-electron chi connectivity index (χ0n) is 10.3. The summed E-state index contributed by atoms with van der Waals surface area (Å²) in [6, 6.07) is 12.5. The lowest BCUT2D eigenvalue weighted by Gasteiger charge is -2.05. The van der Waals surface area contributed by atoms with Gasteiger partial charge in [0.25, 0.3) is 0 Å². The summed E-state index contributed by atoms with van der Waals surface area (Å²) in [6.07, 6.45) is 1.76. The van der Waals surface area contributed by atoms with Crippen molar-refractivity contribution in [1.82, 2.24) is 0 Å². The van der Waals surface area contributed by atoms with Crippen molar-refractivity contribution in [3.8, 4) is 5.75 Å². The van der Waals surface area contributed by atoms with Gasteiger partial charge in [0.15, 0.2) is 0 Å². The van der Waals surface area contributed by atoms with Crippen molar-refractivity contribution in [1.29, 1.82) is 0 Å². The first-order valence-electron chi connectivity index (χ1n) is 6.05. The lowest BCUT2D eigenvalue weighted by atomic mass is 10.2. The molecule has 0 radical (unpaired) electrons. The highest BCUT2D eigenvalue weighted by Crippen LogP contribution is 2.12. The van der Waals surface area contributed by atoms with E-state index in [4.69, 9.17) is 4.74 Å². The third kappa shape index (κ3) is 4.02. The molecular weight excluding hydrogens is 242 g/mol. The van der Waals surface area contributed by atoms with E-state index in [9.17, 15) is 0 Å². The fourth-order valence-electron chi connectivity index (χ4n) is 1.73. The van der Waals surface area contributed by atoms with Crippen LogP contribution in [-0.4, -0.2) is 6.61 Å². The van der Waals surface area contributed by atoms with Gasteiger partial charge in [-0.2, -0.15) is 0 Å². The summed E-state index contributed by atoms with van der Waals surface area (Å²) in [5.74, 6) is 0.914. The number of hydrogen-bond donors (Lipinski definition) is 1. The largest absolute Gasteiger partial charge is 0.490 e. The summed E-state index contributed by atoms with van der Waals surface area (Å²) in [7, 11) is 0. The van der Waals surface area contributed by atoms with Crippen LogP contribution in [0.5, 0.6) is 5.75 Å². The van der Waals surface area contributed by atoms with Crippen LogP contribution in [0.2, 0.25) is 0 Å². The van der Waals surface area contributed by atoms with Gasteiger partial charge in [-0.05, 0) is 23.6 Å². The van der Waals surface area contributed by atoms with Gasteiger partial charge in [0.05, 0.1) is 4.88 Å². The molecule has 3 heteroatoms. The molecule has 18 heavy (non-hydrogen) atoms. The van der Waals surface area contributed by atoms with E-state index < -0.39 is 0 Å². The second kappa shape index (κ2) is 6.99. The zero-order chi connectivity index (χ0) is 12.6. The molecule has 2 nitrogen and oxygen atoms in total. The third-order valence-electron chi connectivity index (χ3n) is 2.57. The Morgan fingerprint density at radius 3 is 2.94 bits per heavy atom. The maximum atomic E-state index is 5.52. The van der Waals surface area contributed by atoms with E-state index in [1.54, 1.807) is 17.4 Å². The van der Waals surface area contributed by atoms with Crippen molar-refractivity contribution in [3.63, 3.8) is 0 Å². The molecule has 2 rings (SSSR count). The minimum Gasteiger partial charge on any atom is -0.490 e. The molecular formula is C15H18NOS+. The predicted molar refractivity (Wildman–Crippen MR) is 75.8 cm³/mol. The van der Waals surface area contributed by atoms with Gasteiger partial charge in [0.2, 0.25) is 0 Å². The van der Waals surface area contributed by atoms with E-state index in [1.165, 1.54) is 10.4 Å². The van der Waals surface area contributed by atoms with Gasteiger partial charge in [-0.1, -0.05) is 30.9 Å². The van der Waals surface area contributed by atoms with Crippen LogP contribution in [0.25, 0.3) is 0 Å².